The zero-order valence-electron chi connectivity index (χ0n) is 11.2. The highest BCUT2D eigenvalue weighted by atomic mass is 16.5. The molecular weight excluding hydrogens is 200 g/mol. The van der Waals surface area contributed by atoms with Gasteiger partial charge in [-0.1, -0.05) is 26.7 Å². The number of hydrogen-bond donors (Lipinski definition) is 1. The summed E-state index contributed by atoms with van der Waals surface area (Å²) in [5.74, 6) is 0. The smallest absolute Gasteiger partial charge is 0.0710 e. The Balaban J connectivity index is 2.61. The summed E-state index contributed by atoms with van der Waals surface area (Å²) in [6.07, 6.45) is 6.49. The molecule has 0 saturated carbocycles. The highest BCUT2D eigenvalue weighted by molar-refractivity contribution is 4.94. The number of rotatable bonds is 7. The van der Waals surface area contributed by atoms with Crippen LogP contribution in [0.3, 0.4) is 0 Å². The molecular formula is C13H28N2O. The first-order valence-electron chi connectivity index (χ1n) is 6.70. The largest absolute Gasteiger partial charge is 0.380 e. The van der Waals surface area contributed by atoms with Crippen molar-refractivity contribution in [2.75, 3.05) is 26.7 Å². The van der Waals surface area contributed by atoms with Crippen molar-refractivity contribution in [1.29, 1.82) is 0 Å². The maximum Gasteiger partial charge on any atom is 0.0710 e. The summed E-state index contributed by atoms with van der Waals surface area (Å²) in [5.41, 5.74) is 6.27. The van der Waals surface area contributed by atoms with Crippen molar-refractivity contribution < 1.29 is 4.74 Å². The molecule has 1 saturated heterocycles. The summed E-state index contributed by atoms with van der Waals surface area (Å²) in [7, 11) is 1.82. The second-order valence-corrected chi connectivity index (χ2v) is 4.98. The van der Waals surface area contributed by atoms with Gasteiger partial charge in [-0.25, -0.2) is 0 Å². The van der Waals surface area contributed by atoms with Crippen LogP contribution >= 0.6 is 0 Å². The number of hydrogen-bond acceptors (Lipinski definition) is 3. The van der Waals surface area contributed by atoms with E-state index in [1.165, 1.54) is 19.3 Å². The van der Waals surface area contributed by atoms with Gasteiger partial charge in [0.2, 0.25) is 0 Å². The van der Waals surface area contributed by atoms with Crippen LogP contribution in [0.2, 0.25) is 0 Å². The van der Waals surface area contributed by atoms with Crippen LogP contribution in [0.4, 0.5) is 0 Å². The van der Waals surface area contributed by atoms with Crippen molar-refractivity contribution in [3.05, 3.63) is 0 Å². The quantitative estimate of drug-likeness (QED) is 0.724. The average Bonchev–Trinajstić information content (AvgIpc) is 2.80. The van der Waals surface area contributed by atoms with Gasteiger partial charge in [-0.15, -0.1) is 0 Å². The first-order chi connectivity index (χ1) is 7.72. The Kier molecular flexibility index (Phi) is 5.73. The van der Waals surface area contributed by atoms with E-state index in [9.17, 15) is 0 Å². The normalized spacial score (nSPS) is 25.9. The molecule has 0 aliphatic carbocycles. The molecule has 1 fully saturated rings. The Morgan fingerprint density at radius 1 is 1.44 bits per heavy atom. The molecule has 0 bridgehead atoms. The molecule has 3 nitrogen and oxygen atoms in total. The van der Waals surface area contributed by atoms with Gasteiger partial charge in [-0.2, -0.15) is 0 Å². The van der Waals surface area contributed by atoms with E-state index < -0.39 is 0 Å². The maximum atomic E-state index is 6.04. The van der Waals surface area contributed by atoms with E-state index in [0.717, 1.165) is 32.5 Å². The Bertz CT molecular complexity index is 192. The predicted octanol–water partition coefficient (Wildman–Crippen LogP) is 2.00. The van der Waals surface area contributed by atoms with Gasteiger partial charge in [-0.05, 0) is 19.3 Å². The van der Waals surface area contributed by atoms with Crippen LogP contribution in [0.5, 0.6) is 0 Å². The maximum absolute atomic E-state index is 6.04. The molecule has 1 rings (SSSR count). The molecule has 0 aromatic rings. The molecule has 0 amide bonds. The molecule has 2 N–H and O–H groups in total. The molecule has 1 heterocycles. The second kappa shape index (κ2) is 6.58. The fourth-order valence-electron chi connectivity index (χ4n) is 2.79. The summed E-state index contributed by atoms with van der Waals surface area (Å²) in [6.45, 7) is 7.50. The number of methoxy groups -OCH3 is 1. The molecule has 0 radical (unpaired) electrons. The third-order valence-electron chi connectivity index (χ3n) is 4.18. The number of unbranched alkanes of at least 4 members (excludes halogenated alkanes) is 1. The lowest BCUT2D eigenvalue weighted by molar-refractivity contribution is 0.0650. The van der Waals surface area contributed by atoms with Crippen molar-refractivity contribution in [2.24, 2.45) is 5.73 Å². The Labute approximate surface area is 100 Å². The van der Waals surface area contributed by atoms with Crippen molar-refractivity contribution in [3.8, 4) is 0 Å². The van der Waals surface area contributed by atoms with Crippen LogP contribution in [0, 0.1) is 0 Å². The fourth-order valence-corrected chi connectivity index (χ4v) is 2.79. The third kappa shape index (κ3) is 2.96. The zero-order valence-corrected chi connectivity index (χ0v) is 11.2. The minimum absolute atomic E-state index is 0.225. The van der Waals surface area contributed by atoms with E-state index in [1.807, 2.05) is 7.11 Å². The molecule has 0 spiro atoms. The molecule has 0 aromatic heterocycles. The lowest BCUT2D eigenvalue weighted by Crippen LogP contribution is -2.52. The Hall–Kier alpha value is -0.120. The summed E-state index contributed by atoms with van der Waals surface area (Å²) in [5, 5.41) is 0. The van der Waals surface area contributed by atoms with Crippen molar-refractivity contribution >= 4 is 0 Å². The summed E-state index contributed by atoms with van der Waals surface area (Å²) >= 11 is 0. The van der Waals surface area contributed by atoms with Gasteiger partial charge < -0.3 is 10.5 Å². The van der Waals surface area contributed by atoms with E-state index in [0.29, 0.717) is 6.10 Å². The van der Waals surface area contributed by atoms with Gasteiger partial charge in [0, 0.05) is 32.3 Å². The minimum Gasteiger partial charge on any atom is -0.380 e. The molecule has 16 heavy (non-hydrogen) atoms. The first kappa shape index (κ1) is 13.9. The summed E-state index contributed by atoms with van der Waals surface area (Å²) < 4.78 is 5.45. The van der Waals surface area contributed by atoms with E-state index in [4.69, 9.17) is 10.5 Å². The lowest BCUT2D eigenvalue weighted by atomic mass is 9.88. The van der Waals surface area contributed by atoms with Crippen LogP contribution in [-0.2, 0) is 4.74 Å². The third-order valence-corrected chi connectivity index (χ3v) is 4.18. The van der Waals surface area contributed by atoms with Gasteiger partial charge >= 0.3 is 0 Å². The standard InChI is InChI=1S/C13H28N2O/c1-4-6-8-13(5-2,11-14)15-9-7-12(10-15)16-3/h12H,4-11,14H2,1-3H3. The molecule has 2 atom stereocenters. The Morgan fingerprint density at radius 2 is 2.19 bits per heavy atom. The highest BCUT2D eigenvalue weighted by Gasteiger charge is 2.37. The van der Waals surface area contributed by atoms with Gasteiger partial charge in [0.05, 0.1) is 6.10 Å². The van der Waals surface area contributed by atoms with Crippen molar-refractivity contribution in [2.45, 2.75) is 57.6 Å². The van der Waals surface area contributed by atoms with Crippen LogP contribution in [0.1, 0.15) is 46.0 Å². The fraction of sp³-hybridized carbons (Fsp3) is 1.00. The average molecular weight is 228 g/mol. The van der Waals surface area contributed by atoms with Gasteiger partial charge in [-0.3, -0.25) is 4.90 Å². The number of likely N-dealkylation sites (tertiary alicyclic amines) is 1. The monoisotopic (exact) mass is 228 g/mol. The van der Waals surface area contributed by atoms with Crippen molar-refractivity contribution in [1.82, 2.24) is 4.90 Å². The van der Waals surface area contributed by atoms with Gasteiger partial charge in [0.1, 0.15) is 0 Å². The van der Waals surface area contributed by atoms with E-state index in [1.54, 1.807) is 0 Å². The Morgan fingerprint density at radius 3 is 2.62 bits per heavy atom. The summed E-state index contributed by atoms with van der Waals surface area (Å²) in [6, 6.07) is 0. The van der Waals surface area contributed by atoms with Crippen molar-refractivity contribution in [3.63, 3.8) is 0 Å². The molecule has 2 unspecified atom stereocenters. The van der Waals surface area contributed by atoms with Gasteiger partial charge in [0.25, 0.3) is 0 Å². The first-order valence-corrected chi connectivity index (χ1v) is 6.70. The van der Waals surface area contributed by atoms with Gasteiger partial charge in [0.15, 0.2) is 0 Å². The number of nitrogens with zero attached hydrogens (tertiary/aromatic N) is 1. The minimum atomic E-state index is 0.225. The van der Waals surface area contributed by atoms with E-state index in [2.05, 4.69) is 18.7 Å². The van der Waals surface area contributed by atoms with Crippen LogP contribution < -0.4 is 5.73 Å². The zero-order chi connectivity index (χ0) is 12.0. The molecule has 96 valence electrons. The van der Waals surface area contributed by atoms with E-state index >= 15 is 0 Å². The molecule has 1 aliphatic heterocycles. The predicted molar refractivity (Wildman–Crippen MR) is 68.6 cm³/mol. The van der Waals surface area contributed by atoms with Crippen LogP contribution in [0.25, 0.3) is 0 Å². The molecule has 0 aromatic carbocycles. The van der Waals surface area contributed by atoms with Crippen LogP contribution in [-0.4, -0.2) is 43.3 Å². The lowest BCUT2D eigenvalue weighted by Gasteiger charge is -2.41. The second-order valence-electron chi connectivity index (χ2n) is 4.98. The van der Waals surface area contributed by atoms with Crippen LogP contribution in [0.15, 0.2) is 0 Å². The molecule has 3 heteroatoms. The number of ether oxygens (including phenoxy) is 1. The SMILES string of the molecule is CCCCC(CC)(CN)N1CCC(OC)C1. The van der Waals surface area contributed by atoms with E-state index in [-0.39, 0.29) is 5.54 Å². The highest BCUT2D eigenvalue weighted by Crippen LogP contribution is 2.29. The molecule has 1 aliphatic rings. The summed E-state index contributed by atoms with van der Waals surface area (Å²) in [4.78, 5) is 2.57. The topological polar surface area (TPSA) is 38.5 Å². The number of nitrogens with two attached hydrogens (primary N) is 1.